The number of nitrogens with one attached hydrogen (secondary N) is 1. The van der Waals surface area contributed by atoms with E-state index in [2.05, 4.69) is 9.71 Å². The van der Waals surface area contributed by atoms with Crippen LogP contribution >= 0.6 is 34.8 Å². The van der Waals surface area contributed by atoms with Crippen molar-refractivity contribution in [3.05, 3.63) is 45.2 Å². The first-order valence-electron chi connectivity index (χ1n) is 5.62. The lowest BCUT2D eigenvalue weighted by molar-refractivity contribution is 0.601. The molecular weight excluding hydrogens is 357 g/mol. The van der Waals surface area contributed by atoms with Gasteiger partial charge in [-0.1, -0.05) is 34.8 Å². The second-order valence-corrected chi connectivity index (χ2v) is 6.97. The summed E-state index contributed by atoms with van der Waals surface area (Å²) in [5.41, 5.74) is 6.37. The van der Waals surface area contributed by atoms with Gasteiger partial charge in [-0.05, 0) is 31.2 Å². The molecule has 5 nitrogen and oxygen atoms in total. The van der Waals surface area contributed by atoms with Gasteiger partial charge >= 0.3 is 0 Å². The molecule has 0 saturated carbocycles. The van der Waals surface area contributed by atoms with Gasteiger partial charge in [0.2, 0.25) is 0 Å². The number of hydrogen-bond acceptors (Lipinski definition) is 4. The molecule has 2 rings (SSSR count). The van der Waals surface area contributed by atoms with E-state index in [1.165, 1.54) is 24.3 Å². The van der Waals surface area contributed by atoms with Crippen LogP contribution in [0.4, 0.5) is 11.4 Å². The number of sulfonamides is 1. The molecule has 0 saturated heterocycles. The average molecular weight is 367 g/mol. The van der Waals surface area contributed by atoms with E-state index in [0.717, 1.165) is 0 Å². The predicted molar refractivity (Wildman–Crippen MR) is 85.7 cm³/mol. The number of rotatable bonds is 3. The molecule has 0 unspecified atom stereocenters. The third-order valence-corrected chi connectivity index (χ3v) is 5.14. The van der Waals surface area contributed by atoms with E-state index in [0.29, 0.717) is 11.4 Å². The minimum absolute atomic E-state index is 0.00663. The Labute approximate surface area is 137 Å². The average Bonchev–Trinajstić information content (AvgIpc) is 2.39. The van der Waals surface area contributed by atoms with Crippen LogP contribution in [0.2, 0.25) is 15.2 Å². The number of aryl methyl sites for hydroxylation is 1. The van der Waals surface area contributed by atoms with Gasteiger partial charge < -0.3 is 5.73 Å². The Bertz CT molecular complexity index is 810. The summed E-state index contributed by atoms with van der Waals surface area (Å²) in [5, 5.41) is 0.321. The molecule has 1 aromatic carbocycles. The predicted octanol–water partition coefficient (Wildman–Crippen LogP) is 3.73. The van der Waals surface area contributed by atoms with Crippen LogP contribution in [0.25, 0.3) is 0 Å². The lowest BCUT2D eigenvalue weighted by atomic mass is 10.3. The number of nitrogens with zero attached hydrogens (tertiary/aromatic N) is 1. The van der Waals surface area contributed by atoms with Crippen LogP contribution in [0, 0.1) is 6.92 Å². The normalized spacial score (nSPS) is 11.4. The van der Waals surface area contributed by atoms with Crippen molar-refractivity contribution in [2.75, 3.05) is 10.5 Å². The fraction of sp³-hybridized carbons (Fsp3) is 0.0833. The maximum Gasteiger partial charge on any atom is 0.263 e. The number of nitrogens with two attached hydrogens (primary N) is 1. The zero-order chi connectivity index (χ0) is 15.8. The Morgan fingerprint density at radius 1 is 1.14 bits per heavy atom. The summed E-state index contributed by atoms with van der Waals surface area (Å²) < 4.78 is 27.1. The number of nitrogen functional groups attached to an aromatic ring is 1. The Morgan fingerprint density at radius 2 is 1.81 bits per heavy atom. The van der Waals surface area contributed by atoms with Gasteiger partial charge in [0.1, 0.15) is 10.0 Å². The number of hydrogen-bond donors (Lipinski definition) is 2. The first kappa shape index (κ1) is 16.2. The van der Waals surface area contributed by atoms with Gasteiger partial charge in [-0.3, -0.25) is 4.72 Å². The molecule has 0 aliphatic carbocycles. The molecule has 112 valence electrons. The molecule has 21 heavy (non-hydrogen) atoms. The second kappa shape index (κ2) is 5.88. The quantitative estimate of drug-likeness (QED) is 0.640. The number of pyridine rings is 1. The summed E-state index contributed by atoms with van der Waals surface area (Å²) in [4.78, 5) is 3.80. The molecule has 0 fully saturated rings. The van der Waals surface area contributed by atoms with E-state index in [1.807, 2.05) is 0 Å². The Morgan fingerprint density at radius 3 is 2.43 bits per heavy atom. The molecule has 0 radical (unpaired) electrons. The third-order valence-electron chi connectivity index (χ3n) is 2.68. The summed E-state index contributed by atoms with van der Waals surface area (Å²) in [7, 11) is -3.92. The van der Waals surface area contributed by atoms with Gasteiger partial charge in [-0.25, -0.2) is 13.4 Å². The van der Waals surface area contributed by atoms with E-state index >= 15 is 0 Å². The van der Waals surface area contributed by atoms with Crippen LogP contribution in [0.15, 0.2) is 29.2 Å². The highest BCUT2D eigenvalue weighted by molar-refractivity contribution is 7.92. The standard InChI is InChI=1S/C12H10Cl3N3O2S/c1-6-8(3-5-10(14)17-6)18-21(19,20)9-4-2-7(13)12(16)11(9)15/h2-5,18H,16H2,1H3. The van der Waals surface area contributed by atoms with E-state index in [9.17, 15) is 8.42 Å². The summed E-state index contributed by atoms with van der Waals surface area (Å²) in [6.07, 6.45) is 0. The largest absolute Gasteiger partial charge is 0.396 e. The zero-order valence-corrected chi connectivity index (χ0v) is 13.8. The molecule has 9 heteroatoms. The van der Waals surface area contributed by atoms with E-state index in [1.54, 1.807) is 6.92 Å². The Balaban J connectivity index is 2.46. The minimum Gasteiger partial charge on any atom is -0.396 e. The van der Waals surface area contributed by atoms with Crippen molar-refractivity contribution < 1.29 is 8.42 Å². The topological polar surface area (TPSA) is 85.1 Å². The van der Waals surface area contributed by atoms with Crippen LogP contribution in [0.3, 0.4) is 0 Å². The molecule has 0 bridgehead atoms. The molecule has 1 aromatic heterocycles. The molecule has 2 aromatic rings. The van der Waals surface area contributed by atoms with Crippen LogP contribution in [0.5, 0.6) is 0 Å². The van der Waals surface area contributed by atoms with Crippen molar-refractivity contribution >= 4 is 56.2 Å². The number of anilines is 2. The minimum atomic E-state index is -3.92. The van der Waals surface area contributed by atoms with E-state index in [-0.39, 0.29) is 25.8 Å². The Hall–Kier alpha value is -1.21. The first-order chi connectivity index (χ1) is 9.72. The van der Waals surface area contributed by atoms with E-state index < -0.39 is 10.0 Å². The van der Waals surface area contributed by atoms with Gasteiger partial charge in [0, 0.05) is 0 Å². The lowest BCUT2D eigenvalue weighted by Crippen LogP contribution is -2.15. The molecule has 3 N–H and O–H groups in total. The summed E-state index contributed by atoms with van der Waals surface area (Å²) in [6.45, 7) is 1.63. The number of halogens is 3. The van der Waals surface area contributed by atoms with Crippen molar-refractivity contribution in [1.29, 1.82) is 0 Å². The summed E-state index contributed by atoms with van der Waals surface area (Å²) in [6, 6.07) is 5.63. The van der Waals surface area contributed by atoms with Crippen LogP contribution in [-0.4, -0.2) is 13.4 Å². The monoisotopic (exact) mass is 365 g/mol. The maximum absolute atomic E-state index is 12.4. The fourth-order valence-electron chi connectivity index (χ4n) is 1.59. The third kappa shape index (κ3) is 3.35. The molecule has 0 amide bonds. The van der Waals surface area contributed by atoms with Crippen LogP contribution in [0.1, 0.15) is 5.69 Å². The second-order valence-electron chi connectivity index (χ2n) is 4.15. The van der Waals surface area contributed by atoms with Gasteiger partial charge in [0.05, 0.1) is 27.1 Å². The molecular formula is C12H10Cl3N3O2S. The van der Waals surface area contributed by atoms with E-state index in [4.69, 9.17) is 40.5 Å². The SMILES string of the molecule is Cc1nc(Cl)ccc1NS(=O)(=O)c1ccc(Cl)c(N)c1Cl. The fourth-order valence-corrected chi connectivity index (χ4v) is 3.67. The van der Waals surface area contributed by atoms with Gasteiger partial charge in [0.25, 0.3) is 10.0 Å². The highest BCUT2D eigenvalue weighted by Crippen LogP contribution is 2.34. The summed E-state index contributed by atoms with van der Waals surface area (Å²) >= 11 is 17.5. The molecule has 0 aliphatic heterocycles. The Kier molecular flexibility index (Phi) is 4.53. The van der Waals surface area contributed by atoms with Crippen LogP contribution in [-0.2, 0) is 10.0 Å². The molecule has 0 atom stereocenters. The summed E-state index contributed by atoms with van der Waals surface area (Å²) in [5.74, 6) is 0. The molecule has 0 aliphatic rings. The lowest BCUT2D eigenvalue weighted by Gasteiger charge is -2.12. The smallest absolute Gasteiger partial charge is 0.263 e. The maximum atomic E-state index is 12.4. The molecule has 0 spiro atoms. The van der Waals surface area contributed by atoms with Gasteiger partial charge in [-0.2, -0.15) is 0 Å². The zero-order valence-electron chi connectivity index (χ0n) is 10.7. The van der Waals surface area contributed by atoms with Gasteiger partial charge in [0.15, 0.2) is 0 Å². The van der Waals surface area contributed by atoms with Crippen molar-refractivity contribution in [3.63, 3.8) is 0 Å². The molecule has 1 heterocycles. The first-order valence-corrected chi connectivity index (χ1v) is 8.23. The highest BCUT2D eigenvalue weighted by Gasteiger charge is 2.21. The highest BCUT2D eigenvalue weighted by atomic mass is 35.5. The van der Waals surface area contributed by atoms with Crippen molar-refractivity contribution in [1.82, 2.24) is 4.98 Å². The van der Waals surface area contributed by atoms with Crippen molar-refractivity contribution in [2.45, 2.75) is 11.8 Å². The van der Waals surface area contributed by atoms with Gasteiger partial charge in [-0.15, -0.1) is 0 Å². The van der Waals surface area contributed by atoms with Crippen LogP contribution < -0.4 is 10.5 Å². The number of aromatic nitrogens is 1. The number of benzene rings is 1. The van der Waals surface area contributed by atoms with Crippen molar-refractivity contribution in [2.24, 2.45) is 0 Å². The van der Waals surface area contributed by atoms with Crippen molar-refractivity contribution in [3.8, 4) is 0 Å².